The predicted molar refractivity (Wildman–Crippen MR) is 67.1 cm³/mol. The third kappa shape index (κ3) is 3.79. The van der Waals surface area contributed by atoms with Crippen LogP contribution in [0.4, 0.5) is 0 Å². The monoisotopic (exact) mass is 260 g/mol. The van der Waals surface area contributed by atoms with Crippen LogP contribution >= 0.6 is 0 Å². The SMILES string of the molecule is Cc1nn(C)c(C)c1C(C)NCCS(N)(=O)=O. The highest BCUT2D eigenvalue weighted by atomic mass is 32.2. The van der Waals surface area contributed by atoms with Gasteiger partial charge in [0.25, 0.3) is 0 Å². The Hall–Kier alpha value is -0.920. The lowest BCUT2D eigenvalue weighted by Crippen LogP contribution is -2.29. The first-order valence-corrected chi connectivity index (χ1v) is 7.18. The number of sulfonamides is 1. The van der Waals surface area contributed by atoms with Gasteiger partial charge in [-0.15, -0.1) is 0 Å². The number of aryl methyl sites for hydroxylation is 2. The first kappa shape index (κ1) is 14.1. The Kier molecular flexibility index (Phi) is 4.29. The van der Waals surface area contributed by atoms with Crippen molar-refractivity contribution < 1.29 is 8.42 Å². The van der Waals surface area contributed by atoms with E-state index < -0.39 is 10.0 Å². The van der Waals surface area contributed by atoms with Crippen LogP contribution in [0.1, 0.15) is 29.9 Å². The molecular weight excluding hydrogens is 240 g/mol. The van der Waals surface area contributed by atoms with Crippen LogP contribution in [0.2, 0.25) is 0 Å². The van der Waals surface area contributed by atoms with E-state index in [0.717, 1.165) is 17.0 Å². The summed E-state index contributed by atoms with van der Waals surface area (Å²) in [5.74, 6) is -0.0598. The van der Waals surface area contributed by atoms with Gasteiger partial charge in [-0.25, -0.2) is 13.6 Å². The maximum Gasteiger partial charge on any atom is 0.210 e. The standard InChI is InChI=1S/C10H20N4O2S/c1-7(12-5-6-17(11,15)16)10-8(2)13-14(4)9(10)3/h7,12H,5-6H2,1-4H3,(H2,11,15,16). The lowest BCUT2D eigenvalue weighted by molar-refractivity contribution is 0.570. The molecule has 0 aliphatic rings. The van der Waals surface area contributed by atoms with Crippen molar-refractivity contribution in [1.82, 2.24) is 15.1 Å². The zero-order valence-corrected chi connectivity index (χ0v) is 11.5. The van der Waals surface area contributed by atoms with E-state index in [0.29, 0.717) is 6.54 Å². The van der Waals surface area contributed by atoms with Gasteiger partial charge in [0.1, 0.15) is 0 Å². The lowest BCUT2D eigenvalue weighted by atomic mass is 10.1. The second-order valence-corrected chi connectivity index (χ2v) is 5.98. The summed E-state index contributed by atoms with van der Waals surface area (Å²) in [7, 11) is -1.51. The van der Waals surface area contributed by atoms with Crippen molar-refractivity contribution in [3.05, 3.63) is 17.0 Å². The van der Waals surface area contributed by atoms with Gasteiger partial charge >= 0.3 is 0 Å². The Labute approximate surface area is 102 Å². The van der Waals surface area contributed by atoms with Crippen molar-refractivity contribution in [2.45, 2.75) is 26.8 Å². The third-order valence-corrected chi connectivity index (χ3v) is 3.61. The Morgan fingerprint density at radius 3 is 2.47 bits per heavy atom. The van der Waals surface area contributed by atoms with E-state index in [2.05, 4.69) is 10.4 Å². The molecule has 1 aromatic rings. The highest BCUT2D eigenvalue weighted by Crippen LogP contribution is 2.20. The number of hydrogen-bond acceptors (Lipinski definition) is 4. The van der Waals surface area contributed by atoms with Gasteiger partial charge in [0, 0.05) is 30.9 Å². The van der Waals surface area contributed by atoms with E-state index in [9.17, 15) is 8.42 Å². The van der Waals surface area contributed by atoms with Crippen molar-refractivity contribution >= 4 is 10.0 Å². The van der Waals surface area contributed by atoms with Crippen molar-refractivity contribution in [3.63, 3.8) is 0 Å². The highest BCUT2D eigenvalue weighted by molar-refractivity contribution is 7.89. The molecule has 1 atom stereocenters. The van der Waals surface area contributed by atoms with Gasteiger partial charge in [-0.3, -0.25) is 4.68 Å². The number of rotatable bonds is 5. The lowest BCUT2D eigenvalue weighted by Gasteiger charge is -2.14. The van der Waals surface area contributed by atoms with Crippen LogP contribution in [0.5, 0.6) is 0 Å². The third-order valence-electron chi connectivity index (χ3n) is 2.84. The van der Waals surface area contributed by atoms with Gasteiger partial charge in [0.2, 0.25) is 10.0 Å². The maximum atomic E-state index is 10.8. The number of nitrogens with two attached hydrogens (primary N) is 1. The molecule has 0 fully saturated rings. The Morgan fingerprint density at radius 2 is 2.06 bits per heavy atom. The zero-order chi connectivity index (χ0) is 13.2. The normalized spacial score (nSPS) is 13.9. The minimum atomic E-state index is -3.40. The van der Waals surface area contributed by atoms with Crippen LogP contribution in [-0.4, -0.2) is 30.5 Å². The molecule has 1 rings (SSSR count). The fourth-order valence-corrected chi connectivity index (χ4v) is 2.34. The molecule has 0 bridgehead atoms. The molecule has 1 unspecified atom stereocenters. The number of hydrogen-bond donors (Lipinski definition) is 2. The molecule has 7 heteroatoms. The molecule has 0 saturated heterocycles. The van der Waals surface area contributed by atoms with Gasteiger partial charge in [-0.1, -0.05) is 0 Å². The van der Waals surface area contributed by atoms with Gasteiger partial charge in [0.15, 0.2) is 0 Å². The summed E-state index contributed by atoms with van der Waals surface area (Å²) in [6.45, 7) is 6.27. The minimum absolute atomic E-state index is 0.0598. The largest absolute Gasteiger partial charge is 0.309 e. The summed E-state index contributed by atoms with van der Waals surface area (Å²) in [4.78, 5) is 0. The fraction of sp³-hybridized carbons (Fsp3) is 0.700. The smallest absolute Gasteiger partial charge is 0.210 e. The quantitative estimate of drug-likeness (QED) is 0.778. The van der Waals surface area contributed by atoms with Crippen LogP contribution < -0.4 is 10.5 Å². The summed E-state index contributed by atoms with van der Waals surface area (Å²) in [6, 6.07) is 0.0606. The molecule has 0 spiro atoms. The number of aromatic nitrogens is 2. The average molecular weight is 260 g/mol. The second-order valence-electron chi connectivity index (χ2n) is 4.25. The van der Waals surface area contributed by atoms with Gasteiger partial charge in [-0.05, 0) is 20.8 Å². The first-order chi connectivity index (χ1) is 7.72. The fourth-order valence-electron chi connectivity index (χ4n) is 1.94. The molecule has 0 saturated carbocycles. The number of primary sulfonamides is 1. The molecule has 1 aromatic heterocycles. The van der Waals surface area contributed by atoms with E-state index in [1.807, 2.05) is 32.5 Å². The molecule has 3 N–H and O–H groups in total. The van der Waals surface area contributed by atoms with E-state index >= 15 is 0 Å². The van der Waals surface area contributed by atoms with Crippen LogP contribution in [0.3, 0.4) is 0 Å². The highest BCUT2D eigenvalue weighted by Gasteiger charge is 2.16. The Bertz CT molecular complexity index is 493. The van der Waals surface area contributed by atoms with E-state index in [1.165, 1.54) is 0 Å². The molecule has 98 valence electrons. The summed E-state index contributed by atoms with van der Waals surface area (Å²) >= 11 is 0. The second kappa shape index (κ2) is 5.16. The topological polar surface area (TPSA) is 90.0 Å². The van der Waals surface area contributed by atoms with Crippen LogP contribution in [0.25, 0.3) is 0 Å². The molecule has 6 nitrogen and oxygen atoms in total. The molecule has 0 aromatic carbocycles. The van der Waals surface area contributed by atoms with Crippen LogP contribution in [0.15, 0.2) is 0 Å². The van der Waals surface area contributed by atoms with Gasteiger partial charge in [0.05, 0.1) is 11.4 Å². The van der Waals surface area contributed by atoms with E-state index in [-0.39, 0.29) is 11.8 Å². The number of nitrogens with one attached hydrogen (secondary N) is 1. The molecule has 0 aliphatic carbocycles. The predicted octanol–water partition coefficient (Wildman–Crippen LogP) is -0.0240. The summed E-state index contributed by atoms with van der Waals surface area (Å²) in [5.41, 5.74) is 3.15. The van der Waals surface area contributed by atoms with Gasteiger partial charge in [-0.2, -0.15) is 5.10 Å². The minimum Gasteiger partial charge on any atom is -0.309 e. The van der Waals surface area contributed by atoms with Crippen molar-refractivity contribution in [2.24, 2.45) is 12.2 Å². The summed E-state index contributed by atoms with van der Waals surface area (Å²) in [5, 5.41) is 12.4. The molecule has 17 heavy (non-hydrogen) atoms. The Morgan fingerprint density at radius 1 is 1.47 bits per heavy atom. The summed E-state index contributed by atoms with van der Waals surface area (Å²) < 4.78 is 23.4. The first-order valence-electron chi connectivity index (χ1n) is 5.46. The van der Waals surface area contributed by atoms with Crippen molar-refractivity contribution in [2.75, 3.05) is 12.3 Å². The molecule has 0 aliphatic heterocycles. The van der Waals surface area contributed by atoms with Crippen molar-refractivity contribution in [1.29, 1.82) is 0 Å². The molecule has 0 radical (unpaired) electrons. The van der Waals surface area contributed by atoms with Crippen LogP contribution in [-0.2, 0) is 17.1 Å². The van der Waals surface area contributed by atoms with E-state index in [4.69, 9.17) is 5.14 Å². The molecule has 1 heterocycles. The summed E-state index contributed by atoms with van der Waals surface area (Å²) in [6.07, 6.45) is 0. The zero-order valence-electron chi connectivity index (χ0n) is 10.7. The average Bonchev–Trinajstić information content (AvgIpc) is 2.38. The maximum absolute atomic E-state index is 10.8. The number of nitrogens with zero attached hydrogens (tertiary/aromatic N) is 2. The molecule has 0 amide bonds. The Balaban J connectivity index is 2.67. The van der Waals surface area contributed by atoms with Gasteiger partial charge < -0.3 is 5.32 Å². The van der Waals surface area contributed by atoms with Crippen LogP contribution in [0, 0.1) is 13.8 Å². The van der Waals surface area contributed by atoms with E-state index in [1.54, 1.807) is 0 Å². The van der Waals surface area contributed by atoms with Crippen molar-refractivity contribution in [3.8, 4) is 0 Å². The molecular formula is C10H20N4O2S.